The molecule has 2 nitrogen and oxygen atoms in total. The number of hydrogen-bond acceptors (Lipinski definition) is 3. The third-order valence-corrected chi connectivity index (χ3v) is 2.72. The maximum absolute atomic E-state index is 8.84. The van der Waals surface area contributed by atoms with E-state index in [0.717, 1.165) is 10.2 Å². The Balaban J connectivity index is 2.75. The molecule has 0 aliphatic rings. The minimum absolute atomic E-state index is 0.0619. The molecule has 0 spiro atoms. The second-order valence-electron chi connectivity index (χ2n) is 2.39. The Labute approximate surface area is 78.4 Å². The lowest BCUT2D eigenvalue weighted by Gasteiger charge is -1.97. The van der Waals surface area contributed by atoms with Crippen LogP contribution in [0.25, 0.3) is 10.2 Å². The van der Waals surface area contributed by atoms with Crippen LogP contribution in [0.5, 0.6) is 0 Å². The highest BCUT2D eigenvalue weighted by molar-refractivity contribution is 7.16. The Morgan fingerprint density at radius 3 is 3.17 bits per heavy atom. The zero-order valence-corrected chi connectivity index (χ0v) is 7.69. The van der Waals surface area contributed by atoms with Crippen LogP contribution in [0.15, 0.2) is 17.5 Å². The number of aromatic nitrogens is 1. The molecule has 12 heavy (non-hydrogen) atoms. The van der Waals surface area contributed by atoms with E-state index in [2.05, 4.69) is 4.98 Å². The van der Waals surface area contributed by atoms with Crippen molar-refractivity contribution in [2.75, 3.05) is 0 Å². The second-order valence-corrected chi connectivity index (χ2v) is 3.69. The van der Waals surface area contributed by atoms with Crippen LogP contribution >= 0.6 is 22.9 Å². The molecule has 0 aliphatic heterocycles. The van der Waals surface area contributed by atoms with Crippen LogP contribution < -0.4 is 0 Å². The van der Waals surface area contributed by atoms with E-state index in [0.29, 0.717) is 10.7 Å². The average molecular weight is 200 g/mol. The summed E-state index contributed by atoms with van der Waals surface area (Å²) >= 11 is 7.46. The van der Waals surface area contributed by atoms with E-state index in [1.807, 2.05) is 11.4 Å². The predicted molar refractivity (Wildman–Crippen MR) is 50.6 cm³/mol. The molecule has 0 saturated heterocycles. The summed E-state index contributed by atoms with van der Waals surface area (Å²) in [6.45, 7) is -0.0619. The fraction of sp³-hybridized carbons (Fsp3) is 0.125. The fourth-order valence-electron chi connectivity index (χ4n) is 1.04. The summed E-state index contributed by atoms with van der Waals surface area (Å²) in [6, 6.07) is 3.62. The van der Waals surface area contributed by atoms with Crippen molar-refractivity contribution in [1.82, 2.24) is 4.98 Å². The van der Waals surface area contributed by atoms with Gasteiger partial charge in [0, 0.05) is 5.39 Å². The third kappa shape index (κ3) is 1.20. The minimum atomic E-state index is -0.0619. The Morgan fingerprint density at radius 1 is 1.58 bits per heavy atom. The molecule has 2 aromatic heterocycles. The number of fused-ring (bicyclic) bond motifs is 1. The van der Waals surface area contributed by atoms with Gasteiger partial charge in [0.25, 0.3) is 0 Å². The zero-order chi connectivity index (χ0) is 8.55. The van der Waals surface area contributed by atoms with Crippen molar-refractivity contribution in [3.63, 3.8) is 0 Å². The first-order valence-electron chi connectivity index (χ1n) is 3.45. The largest absolute Gasteiger partial charge is 0.390 e. The van der Waals surface area contributed by atoms with Gasteiger partial charge in [-0.15, -0.1) is 11.3 Å². The molecule has 2 aromatic rings. The van der Waals surface area contributed by atoms with Crippen molar-refractivity contribution in [3.8, 4) is 0 Å². The van der Waals surface area contributed by atoms with Crippen molar-refractivity contribution in [3.05, 3.63) is 28.2 Å². The van der Waals surface area contributed by atoms with E-state index < -0.39 is 0 Å². The fourth-order valence-corrected chi connectivity index (χ4v) is 2.18. The molecule has 0 amide bonds. The molecule has 0 radical (unpaired) electrons. The van der Waals surface area contributed by atoms with Crippen molar-refractivity contribution < 1.29 is 5.11 Å². The molecule has 0 aromatic carbocycles. The highest BCUT2D eigenvalue weighted by Gasteiger charge is 2.03. The first-order valence-corrected chi connectivity index (χ1v) is 4.70. The van der Waals surface area contributed by atoms with E-state index in [1.54, 1.807) is 6.07 Å². The average Bonchev–Trinajstić information content (AvgIpc) is 2.52. The Hall–Kier alpha value is -0.640. The van der Waals surface area contributed by atoms with Gasteiger partial charge < -0.3 is 5.11 Å². The summed E-state index contributed by atoms with van der Waals surface area (Å²) in [6.07, 6.45) is 0. The van der Waals surface area contributed by atoms with Gasteiger partial charge in [0.05, 0.1) is 17.3 Å². The van der Waals surface area contributed by atoms with Crippen molar-refractivity contribution in [1.29, 1.82) is 0 Å². The molecule has 62 valence electrons. The molecule has 0 atom stereocenters. The second kappa shape index (κ2) is 3.01. The number of aliphatic hydroxyl groups excluding tert-OH is 1. The summed E-state index contributed by atoms with van der Waals surface area (Å²) in [7, 11) is 0. The summed E-state index contributed by atoms with van der Waals surface area (Å²) in [5.41, 5.74) is 0.620. The van der Waals surface area contributed by atoms with Gasteiger partial charge in [0.15, 0.2) is 0 Å². The van der Waals surface area contributed by atoms with Gasteiger partial charge in [0.1, 0.15) is 4.83 Å². The van der Waals surface area contributed by atoms with Gasteiger partial charge in [-0.25, -0.2) is 4.98 Å². The first-order chi connectivity index (χ1) is 5.81. The summed E-state index contributed by atoms with van der Waals surface area (Å²) in [4.78, 5) is 5.08. The van der Waals surface area contributed by atoms with Crippen LogP contribution in [-0.2, 0) is 6.61 Å². The van der Waals surface area contributed by atoms with Crippen molar-refractivity contribution in [2.24, 2.45) is 0 Å². The maximum Gasteiger partial charge on any atom is 0.125 e. The minimum Gasteiger partial charge on any atom is -0.390 e. The van der Waals surface area contributed by atoms with Crippen LogP contribution in [0.2, 0.25) is 5.02 Å². The lowest BCUT2D eigenvalue weighted by atomic mass is 10.3. The van der Waals surface area contributed by atoms with E-state index >= 15 is 0 Å². The monoisotopic (exact) mass is 199 g/mol. The number of aliphatic hydroxyl groups is 1. The molecule has 2 heterocycles. The van der Waals surface area contributed by atoms with Crippen LogP contribution in [0.1, 0.15) is 5.69 Å². The number of halogens is 1. The molecule has 4 heteroatoms. The number of pyridine rings is 1. The van der Waals surface area contributed by atoms with E-state index in [9.17, 15) is 0 Å². The normalized spacial score (nSPS) is 10.8. The van der Waals surface area contributed by atoms with Crippen molar-refractivity contribution >= 4 is 33.2 Å². The lowest BCUT2D eigenvalue weighted by Crippen LogP contribution is -1.87. The molecule has 2 rings (SSSR count). The van der Waals surface area contributed by atoms with Gasteiger partial charge in [-0.3, -0.25) is 0 Å². The summed E-state index contributed by atoms with van der Waals surface area (Å²) in [5.74, 6) is 0. The number of rotatable bonds is 1. The quantitative estimate of drug-likeness (QED) is 0.766. The zero-order valence-electron chi connectivity index (χ0n) is 6.12. The number of nitrogens with zero attached hydrogens (tertiary/aromatic N) is 1. The third-order valence-electron chi connectivity index (χ3n) is 1.60. The molecule has 0 unspecified atom stereocenters. The van der Waals surface area contributed by atoms with Crippen LogP contribution in [0.4, 0.5) is 0 Å². The molecular weight excluding hydrogens is 194 g/mol. The van der Waals surface area contributed by atoms with E-state index in [-0.39, 0.29) is 6.61 Å². The van der Waals surface area contributed by atoms with Gasteiger partial charge in [0.2, 0.25) is 0 Å². The number of thiophene rings is 1. The molecular formula is C8H6ClNOS. The molecule has 0 fully saturated rings. The predicted octanol–water partition coefficient (Wildman–Crippen LogP) is 2.44. The summed E-state index contributed by atoms with van der Waals surface area (Å²) in [5, 5.41) is 12.4. The van der Waals surface area contributed by atoms with E-state index in [4.69, 9.17) is 16.7 Å². The lowest BCUT2D eigenvalue weighted by molar-refractivity contribution is 0.277. The maximum atomic E-state index is 8.84. The van der Waals surface area contributed by atoms with Crippen LogP contribution in [0.3, 0.4) is 0 Å². The Bertz CT molecular complexity index is 412. The van der Waals surface area contributed by atoms with Crippen LogP contribution in [0, 0.1) is 0 Å². The van der Waals surface area contributed by atoms with Gasteiger partial charge >= 0.3 is 0 Å². The Morgan fingerprint density at radius 2 is 2.42 bits per heavy atom. The summed E-state index contributed by atoms with van der Waals surface area (Å²) < 4.78 is 0. The molecule has 0 aliphatic carbocycles. The van der Waals surface area contributed by atoms with E-state index in [1.165, 1.54) is 11.3 Å². The standard InChI is InChI=1S/C8H6ClNOS/c9-7-3-5(4-11)10-8-6(7)1-2-12-8/h1-3,11H,4H2. The molecule has 0 saturated carbocycles. The topological polar surface area (TPSA) is 33.1 Å². The highest BCUT2D eigenvalue weighted by Crippen LogP contribution is 2.26. The first kappa shape index (κ1) is 7.98. The molecule has 0 bridgehead atoms. The van der Waals surface area contributed by atoms with Gasteiger partial charge in [-0.1, -0.05) is 11.6 Å². The smallest absolute Gasteiger partial charge is 0.125 e. The van der Waals surface area contributed by atoms with Gasteiger partial charge in [-0.05, 0) is 17.5 Å². The van der Waals surface area contributed by atoms with Crippen molar-refractivity contribution in [2.45, 2.75) is 6.61 Å². The van der Waals surface area contributed by atoms with Gasteiger partial charge in [-0.2, -0.15) is 0 Å². The Kier molecular flexibility index (Phi) is 2.00. The highest BCUT2D eigenvalue weighted by atomic mass is 35.5. The number of hydrogen-bond donors (Lipinski definition) is 1. The van der Waals surface area contributed by atoms with Crippen LogP contribution in [-0.4, -0.2) is 10.1 Å². The molecule has 1 N–H and O–H groups in total. The SMILES string of the molecule is OCc1cc(Cl)c2ccsc2n1.